The fraction of sp³-hybridized carbons (Fsp3) is 0.909. The third-order valence-corrected chi connectivity index (χ3v) is 4.35. The monoisotopic (exact) mass is 243 g/mol. The van der Waals surface area contributed by atoms with Gasteiger partial charge < -0.3 is 5.32 Å². The maximum atomic E-state index is 10.9. The summed E-state index contributed by atoms with van der Waals surface area (Å²) in [5, 5.41) is 3.02. The normalized spacial score (nSPS) is 25.4. The van der Waals surface area contributed by atoms with Crippen LogP contribution in [0, 0.1) is 0 Å². The van der Waals surface area contributed by atoms with Crippen molar-refractivity contribution >= 4 is 17.9 Å². The van der Waals surface area contributed by atoms with Crippen molar-refractivity contribution in [3.05, 3.63) is 0 Å². The van der Waals surface area contributed by atoms with Crippen molar-refractivity contribution in [1.29, 1.82) is 0 Å². The van der Waals surface area contributed by atoms with E-state index in [0.29, 0.717) is 6.04 Å². The summed E-state index contributed by atoms with van der Waals surface area (Å²) >= 11 is 1.84. The van der Waals surface area contributed by atoms with Gasteiger partial charge in [-0.25, -0.2) is 4.31 Å². The van der Waals surface area contributed by atoms with E-state index in [2.05, 4.69) is 20.8 Å². The number of amides is 1. The Hall–Kier alpha value is -0.260. The van der Waals surface area contributed by atoms with E-state index in [4.69, 9.17) is 0 Å². The Balaban J connectivity index is 1.68. The first-order chi connectivity index (χ1) is 7.69. The molecule has 92 valence electrons. The number of hydrogen-bond acceptors (Lipinski definition) is 4. The molecule has 2 rings (SSSR count). The predicted octanol–water partition coefficient (Wildman–Crippen LogP) is 0.549. The first-order valence-electron chi connectivity index (χ1n) is 5.99. The smallest absolute Gasteiger partial charge is 0.217 e. The number of nitrogens with zero attached hydrogens (tertiary/aromatic N) is 2. The van der Waals surface area contributed by atoms with Gasteiger partial charge in [-0.3, -0.25) is 9.69 Å². The van der Waals surface area contributed by atoms with Gasteiger partial charge in [-0.2, -0.15) is 0 Å². The topological polar surface area (TPSA) is 35.6 Å². The van der Waals surface area contributed by atoms with Crippen molar-refractivity contribution in [2.45, 2.75) is 31.8 Å². The second-order valence-electron chi connectivity index (χ2n) is 4.69. The maximum Gasteiger partial charge on any atom is 0.217 e. The quantitative estimate of drug-likeness (QED) is 0.734. The molecule has 2 heterocycles. The molecule has 0 saturated carbocycles. The van der Waals surface area contributed by atoms with Crippen molar-refractivity contribution in [2.75, 3.05) is 32.4 Å². The third-order valence-electron chi connectivity index (χ3n) is 3.54. The number of carbonyl (C=O) groups excluding carboxylic acids is 1. The van der Waals surface area contributed by atoms with Crippen LogP contribution >= 0.6 is 11.9 Å². The van der Waals surface area contributed by atoms with E-state index in [1.165, 1.54) is 13.1 Å². The zero-order valence-corrected chi connectivity index (χ0v) is 10.9. The standard InChI is InChI=1S/C11H21N3OS/c1-9(15)12-10-3-5-13(6-4-10)11-7-14(8-11)16-2/h10-11H,3-8H2,1-2H3,(H,12,15). The highest BCUT2D eigenvalue weighted by Gasteiger charge is 2.33. The molecule has 0 aromatic rings. The van der Waals surface area contributed by atoms with Crippen LogP contribution in [0.1, 0.15) is 19.8 Å². The Morgan fingerprint density at radius 3 is 2.44 bits per heavy atom. The van der Waals surface area contributed by atoms with Crippen LogP contribution in [-0.4, -0.2) is 59.6 Å². The Morgan fingerprint density at radius 2 is 1.94 bits per heavy atom. The van der Waals surface area contributed by atoms with Crippen LogP contribution in [0.15, 0.2) is 0 Å². The Bertz CT molecular complexity index is 248. The van der Waals surface area contributed by atoms with Gasteiger partial charge in [0, 0.05) is 45.2 Å². The van der Waals surface area contributed by atoms with Crippen LogP contribution in [0.4, 0.5) is 0 Å². The third kappa shape index (κ3) is 2.90. The first-order valence-corrected chi connectivity index (χ1v) is 7.17. The van der Waals surface area contributed by atoms with E-state index < -0.39 is 0 Å². The number of piperidine rings is 1. The van der Waals surface area contributed by atoms with Gasteiger partial charge >= 0.3 is 0 Å². The Morgan fingerprint density at radius 1 is 1.31 bits per heavy atom. The lowest BCUT2D eigenvalue weighted by Crippen LogP contribution is -2.59. The summed E-state index contributed by atoms with van der Waals surface area (Å²) in [4.78, 5) is 13.5. The van der Waals surface area contributed by atoms with E-state index in [0.717, 1.165) is 32.0 Å². The van der Waals surface area contributed by atoms with Gasteiger partial charge in [-0.15, -0.1) is 0 Å². The SMILES string of the molecule is CSN1CC(N2CCC(NC(C)=O)CC2)C1. The Labute approximate surface area is 102 Å². The minimum Gasteiger partial charge on any atom is -0.354 e. The van der Waals surface area contributed by atoms with Crippen molar-refractivity contribution in [3.8, 4) is 0 Å². The van der Waals surface area contributed by atoms with E-state index in [1.807, 2.05) is 11.9 Å². The van der Waals surface area contributed by atoms with Gasteiger partial charge in [0.1, 0.15) is 0 Å². The van der Waals surface area contributed by atoms with E-state index in [9.17, 15) is 4.79 Å². The van der Waals surface area contributed by atoms with Crippen molar-refractivity contribution in [2.24, 2.45) is 0 Å². The van der Waals surface area contributed by atoms with Gasteiger partial charge in [-0.05, 0) is 19.1 Å². The molecule has 0 unspecified atom stereocenters. The second kappa shape index (κ2) is 5.38. The second-order valence-corrected chi connectivity index (χ2v) is 5.58. The molecule has 1 amide bonds. The zero-order chi connectivity index (χ0) is 11.5. The molecule has 0 aliphatic carbocycles. The van der Waals surface area contributed by atoms with Crippen LogP contribution in [-0.2, 0) is 4.79 Å². The molecular weight excluding hydrogens is 222 g/mol. The molecule has 2 aliphatic heterocycles. The number of carbonyl (C=O) groups is 1. The van der Waals surface area contributed by atoms with E-state index >= 15 is 0 Å². The molecule has 2 saturated heterocycles. The highest BCUT2D eigenvalue weighted by atomic mass is 32.2. The van der Waals surface area contributed by atoms with Crippen LogP contribution in [0.25, 0.3) is 0 Å². The average Bonchev–Trinajstić information content (AvgIpc) is 2.18. The number of hydrogen-bond donors (Lipinski definition) is 1. The van der Waals surface area contributed by atoms with Crippen molar-refractivity contribution in [1.82, 2.24) is 14.5 Å². The molecule has 0 spiro atoms. The number of likely N-dealkylation sites (tertiary alicyclic amines) is 1. The summed E-state index contributed by atoms with van der Waals surface area (Å²) in [5.41, 5.74) is 0. The van der Waals surface area contributed by atoms with Gasteiger partial charge in [0.05, 0.1) is 0 Å². The lowest BCUT2D eigenvalue weighted by atomic mass is 10.0. The molecule has 2 aliphatic rings. The predicted molar refractivity (Wildman–Crippen MR) is 67.3 cm³/mol. The summed E-state index contributed by atoms with van der Waals surface area (Å²) in [6.45, 7) is 6.28. The van der Waals surface area contributed by atoms with Crippen LogP contribution in [0.2, 0.25) is 0 Å². The molecular formula is C11H21N3OS. The highest BCUT2D eigenvalue weighted by molar-refractivity contribution is 7.96. The molecule has 0 aromatic carbocycles. The van der Waals surface area contributed by atoms with Gasteiger partial charge in [0.2, 0.25) is 5.91 Å². The van der Waals surface area contributed by atoms with Crippen LogP contribution < -0.4 is 5.32 Å². The summed E-state index contributed by atoms with van der Waals surface area (Å²) in [6, 6.07) is 1.16. The molecule has 0 bridgehead atoms. The van der Waals surface area contributed by atoms with Gasteiger partial charge in [0.15, 0.2) is 0 Å². The van der Waals surface area contributed by atoms with Gasteiger partial charge in [0.25, 0.3) is 0 Å². The summed E-state index contributed by atoms with van der Waals surface area (Å²) in [5.74, 6) is 0.107. The van der Waals surface area contributed by atoms with Crippen LogP contribution in [0.3, 0.4) is 0 Å². The summed E-state index contributed by atoms with van der Waals surface area (Å²) < 4.78 is 2.39. The lowest BCUT2D eigenvalue weighted by molar-refractivity contribution is -0.120. The molecule has 0 radical (unpaired) electrons. The summed E-state index contributed by atoms with van der Waals surface area (Å²) in [7, 11) is 0. The number of rotatable bonds is 3. The molecule has 4 nitrogen and oxygen atoms in total. The van der Waals surface area contributed by atoms with E-state index in [1.54, 1.807) is 6.92 Å². The molecule has 0 aromatic heterocycles. The zero-order valence-electron chi connectivity index (χ0n) is 10.1. The molecule has 2 fully saturated rings. The fourth-order valence-corrected chi connectivity index (χ4v) is 3.14. The highest BCUT2D eigenvalue weighted by Crippen LogP contribution is 2.23. The minimum absolute atomic E-state index is 0.107. The van der Waals surface area contributed by atoms with Gasteiger partial charge in [-0.1, -0.05) is 11.9 Å². The van der Waals surface area contributed by atoms with Crippen LogP contribution in [0.5, 0.6) is 0 Å². The minimum atomic E-state index is 0.107. The van der Waals surface area contributed by atoms with Crippen molar-refractivity contribution in [3.63, 3.8) is 0 Å². The first kappa shape index (κ1) is 12.2. The summed E-state index contributed by atoms with van der Waals surface area (Å²) in [6.07, 6.45) is 4.35. The molecule has 16 heavy (non-hydrogen) atoms. The van der Waals surface area contributed by atoms with Crippen molar-refractivity contribution < 1.29 is 4.79 Å². The molecule has 0 atom stereocenters. The molecule has 1 N–H and O–H groups in total. The number of nitrogens with one attached hydrogen (secondary N) is 1. The average molecular weight is 243 g/mol. The Kier molecular flexibility index (Phi) is 4.10. The lowest BCUT2D eigenvalue weighted by Gasteiger charge is -2.46. The fourth-order valence-electron chi connectivity index (χ4n) is 2.49. The molecule has 5 heteroatoms. The largest absolute Gasteiger partial charge is 0.354 e. The maximum absolute atomic E-state index is 10.9. The van der Waals surface area contributed by atoms with E-state index in [-0.39, 0.29) is 5.91 Å².